The van der Waals surface area contributed by atoms with Gasteiger partial charge in [0.1, 0.15) is 11.5 Å². The van der Waals surface area contributed by atoms with Gasteiger partial charge in [-0.05, 0) is 40.5 Å². The van der Waals surface area contributed by atoms with Crippen LogP contribution in [0.2, 0.25) is 0 Å². The molecule has 0 amide bonds. The van der Waals surface area contributed by atoms with Crippen molar-refractivity contribution >= 4 is 21.7 Å². The molecule has 0 aliphatic heterocycles. The Morgan fingerprint density at radius 2 is 1.38 bits per heavy atom. The molecule has 0 radical (unpaired) electrons. The maximum absolute atomic E-state index is 10.9. The van der Waals surface area contributed by atoms with Gasteiger partial charge in [-0.1, -0.05) is 60.7 Å². The van der Waals surface area contributed by atoms with E-state index in [9.17, 15) is 9.90 Å². The first-order valence-corrected chi connectivity index (χ1v) is 8.12. The summed E-state index contributed by atoms with van der Waals surface area (Å²) >= 11 is 3.11. The number of aromatic hydroxyl groups is 2. The lowest BCUT2D eigenvalue weighted by molar-refractivity contribution is 0.101. The molecule has 2 N–H and O–H groups in total. The van der Waals surface area contributed by atoms with E-state index in [-0.39, 0.29) is 11.5 Å². The third-order valence-electron chi connectivity index (χ3n) is 3.35. The number of hydrogen-bond acceptors (Lipinski definition) is 3. The van der Waals surface area contributed by atoms with Crippen molar-refractivity contribution in [2.45, 2.75) is 6.92 Å². The first-order valence-electron chi connectivity index (χ1n) is 7.32. The number of phenolic OH excluding ortho intramolecular Hbond substituents is 2. The summed E-state index contributed by atoms with van der Waals surface area (Å²) in [6.45, 7) is 1.46. The predicted molar refractivity (Wildman–Crippen MR) is 99.4 cm³/mol. The summed E-state index contributed by atoms with van der Waals surface area (Å²) < 4.78 is 0.465. The molecular formula is C20H17BrO3. The van der Waals surface area contributed by atoms with Crippen LogP contribution in [-0.4, -0.2) is 16.0 Å². The number of hydrogen-bond donors (Lipinski definition) is 2. The van der Waals surface area contributed by atoms with Gasteiger partial charge in [0.05, 0.1) is 4.47 Å². The maximum Gasteiger partial charge on any atom is 0.161 e. The topological polar surface area (TPSA) is 57.5 Å². The molecule has 0 bridgehead atoms. The quantitative estimate of drug-likeness (QED) is 0.580. The first-order chi connectivity index (χ1) is 11.5. The average molecular weight is 385 g/mol. The van der Waals surface area contributed by atoms with Gasteiger partial charge in [-0.3, -0.25) is 4.79 Å². The van der Waals surface area contributed by atoms with E-state index in [1.807, 2.05) is 48.5 Å². The molecule has 122 valence electrons. The van der Waals surface area contributed by atoms with Crippen LogP contribution in [0.4, 0.5) is 0 Å². The standard InChI is InChI=1S/C12H10O.C8H7BrO2/c13-12-9-5-4-8-11(12)10-6-2-1-3-7-10;1-5(10)6-3-2-4-7(11)8(6)9/h1-9,13H;2-4,11H,1H3. The Morgan fingerprint density at radius 3 is 1.96 bits per heavy atom. The Kier molecular flexibility index (Phi) is 6.15. The fourth-order valence-electron chi connectivity index (χ4n) is 2.13. The van der Waals surface area contributed by atoms with Crippen LogP contribution in [0.1, 0.15) is 17.3 Å². The molecule has 4 heteroatoms. The van der Waals surface area contributed by atoms with Crippen LogP contribution in [0.5, 0.6) is 11.5 Å². The van der Waals surface area contributed by atoms with E-state index in [2.05, 4.69) is 15.9 Å². The molecule has 3 nitrogen and oxygen atoms in total. The van der Waals surface area contributed by atoms with Gasteiger partial charge in [0, 0.05) is 11.1 Å². The Morgan fingerprint density at radius 1 is 0.792 bits per heavy atom. The molecule has 0 spiro atoms. The molecule has 3 aromatic carbocycles. The van der Waals surface area contributed by atoms with Crippen molar-refractivity contribution in [2.75, 3.05) is 0 Å². The molecule has 0 fully saturated rings. The number of phenols is 2. The van der Waals surface area contributed by atoms with Crippen molar-refractivity contribution in [2.24, 2.45) is 0 Å². The summed E-state index contributed by atoms with van der Waals surface area (Å²) in [5.41, 5.74) is 2.42. The number of carbonyl (C=O) groups excluding carboxylic acids is 1. The molecule has 0 saturated heterocycles. The Balaban J connectivity index is 0.000000177. The van der Waals surface area contributed by atoms with Crippen LogP contribution in [-0.2, 0) is 0 Å². The van der Waals surface area contributed by atoms with E-state index in [1.165, 1.54) is 13.0 Å². The van der Waals surface area contributed by atoms with Gasteiger partial charge >= 0.3 is 0 Å². The van der Waals surface area contributed by atoms with Crippen LogP contribution < -0.4 is 0 Å². The number of carbonyl (C=O) groups is 1. The van der Waals surface area contributed by atoms with Crippen molar-refractivity contribution in [1.29, 1.82) is 0 Å². The summed E-state index contributed by atoms with van der Waals surface area (Å²) in [5.74, 6) is 0.360. The lowest BCUT2D eigenvalue weighted by Gasteiger charge is -2.02. The summed E-state index contributed by atoms with van der Waals surface area (Å²) in [4.78, 5) is 10.9. The van der Waals surface area contributed by atoms with Gasteiger partial charge in [0.25, 0.3) is 0 Å². The molecule has 0 aliphatic rings. The van der Waals surface area contributed by atoms with E-state index in [0.29, 0.717) is 15.8 Å². The van der Waals surface area contributed by atoms with Crippen LogP contribution in [0.3, 0.4) is 0 Å². The Hall–Kier alpha value is -2.59. The molecule has 0 aromatic heterocycles. The summed E-state index contributed by atoms with van der Waals surface area (Å²) in [5, 5.41) is 18.7. The Bertz CT molecular complexity index is 829. The van der Waals surface area contributed by atoms with E-state index in [1.54, 1.807) is 18.2 Å². The monoisotopic (exact) mass is 384 g/mol. The van der Waals surface area contributed by atoms with E-state index in [4.69, 9.17) is 5.11 Å². The molecule has 0 aliphatic carbocycles. The van der Waals surface area contributed by atoms with Gasteiger partial charge in [-0.2, -0.15) is 0 Å². The minimum absolute atomic E-state index is 0.0622. The molecule has 0 heterocycles. The minimum atomic E-state index is -0.0622. The third kappa shape index (κ3) is 4.46. The lowest BCUT2D eigenvalue weighted by Crippen LogP contribution is -1.92. The third-order valence-corrected chi connectivity index (χ3v) is 4.18. The first kappa shape index (κ1) is 17.8. The zero-order valence-corrected chi connectivity index (χ0v) is 14.7. The van der Waals surface area contributed by atoms with Crippen LogP contribution in [0.15, 0.2) is 77.3 Å². The zero-order valence-electron chi connectivity index (χ0n) is 13.1. The van der Waals surface area contributed by atoms with Crippen LogP contribution >= 0.6 is 15.9 Å². The zero-order chi connectivity index (χ0) is 17.5. The number of Topliss-reactive ketones (excluding diaryl/α,β-unsaturated/α-hetero) is 1. The summed E-state index contributed by atoms with van der Waals surface area (Å²) in [6, 6.07) is 22.0. The second-order valence-corrected chi connectivity index (χ2v) is 5.87. The smallest absolute Gasteiger partial charge is 0.161 e. The van der Waals surface area contributed by atoms with Crippen molar-refractivity contribution in [1.82, 2.24) is 0 Å². The molecule has 3 rings (SSSR count). The van der Waals surface area contributed by atoms with E-state index >= 15 is 0 Å². The highest BCUT2D eigenvalue weighted by Gasteiger charge is 2.07. The summed E-state index contributed by atoms with van der Waals surface area (Å²) in [6.07, 6.45) is 0. The number of rotatable bonds is 2. The second kappa shape index (κ2) is 8.31. The number of halogens is 1. The fourth-order valence-corrected chi connectivity index (χ4v) is 2.67. The maximum atomic E-state index is 10.9. The van der Waals surface area contributed by atoms with Crippen molar-refractivity contribution in [3.63, 3.8) is 0 Å². The number of para-hydroxylation sites is 1. The Labute approximate surface area is 149 Å². The van der Waals surface area contributed by atoms with Crippen LogP contribution in [0, 0.1) is 0 Å². The number of benzene rings is 3. The minimum Gasteiger partial charge on any atom is -0.507 e. The lowest BCUT2D eigenvalue weighted by atomic mass is 10.1. The number of ketones is 1. The summed E-state index contributed by atoms with van der Waals surface area (Å²) in [7, 11) is 0. The second-order valence-electron chi connectivity index (χ2n) is 5.08. The van der Waals surface area contributed by atoms with Crippen LogP contribution in [0.25, 0.3) is 11.1 Å². The molecule has 0 unspecified atom stereocenters. The van der Waals surface area contributed by atoms with Crippen molar-refractivity contribution in [3.05, 3.63) is 82.8 Å². The molecule has 0 saturated carbocycles. The molecular weight excluding hydrogens is 368 g/mol. The molecule has 24 heavy (non-hydrogen) atoms. The van der Waals surface area contributed by atoms with Gasteiger partial charge in [-0.15, -0.1) is 0 Å². The van der Waals surface area contributed by atoms with Crippen molar-refractivity contribution in [3.8, 4) is 22.6 Å². The highest BCUT2D eigenvalue weighted by Crippen LogP contribution is 2.28. The van der Waals surface area contributed by atoms with E-state index in [0.717, 1.165) is 11.1 Å². The predicted octanol–water partition coefficient (Wildman–Crippen LogP) is 5.42. The molecule has 3 aromatic rings. The van der Waals surface area contributed by atoms with Gasteiger partial charge < -0.3 is 10.2 Å². The highest BCUT2D eigenvalue weighted by molar-refractivity contribution is 9.10. The van der Waals surface area contributed by atoms with E-state index < -0.39 is 0 Å². The largest absolute Gasteiger partial charge is 0.507 e. The van der Waals surface area contributed by atoms with Gasteiger partial charge in [0.2, 0.25) is 0 Å². The normalized spacial score (nSPS) is 9.75. The highest BCUT2D eigenvalue weighted by atomic mass is 79.9. The van der Waals surface area contributed by atoms with Gasteiger partial charge in [0.15, 0.2) is 5.78 Å². The fraction of sp³-hybridized carbons (Fsp3) is 0.0500. The van der Waals surface area contributed by atoms with Crippen molar-refractivity contribution < 1.29 is 15.0 Å². The molecule has 0 atom stereocenters. The van der Waals surface area contributed by atoms with Gasteiger partial charge in [-0.25, -0.2) is 0 Å². The SMILES string of the molecule is CC(=O)c1cccc(O)c1Br.Oc1ccccc1-c1ccccc1. The average Bonchev–Trinajstić information content (AvgIpc) is 2.59.